The van der Waals surface area contributed by atoms with Crippen LogP contribution in [0, 0.1) is 0 Å². The number of carbonyl (C=O) groups is 1. The van der Waals surface area contributed by atoms with Crippen molar-refractivity contribution in [3.63, 3.8) is 0 Å². The number of rotatable bonds is 2. The third-order valence-electron chi connectivity index (χ3n) is 1.21. The maximum atomic E-state index is 10.7. The van der Waals surface area contributed by atoms with Crippen molar-refractivity contribution in [2.24, 2.45) is 0 Å². The van der Waals surface area contributed by atoms with Gasteiger partial charge in [0.15, 0.2) is 11.7 Å². The number of hydrogen-bond acceptors (Lipinski definition) is 3. The second-order valence-corrected chi connectivity index (χ2v) is 2.04. The summed E-state index contributed by atoms with van der Waals surface area (Å²) in [6, 6.07) is 0. The van der Waals surface area contributed by atoms with Gasteiger partial charge in [0, 0.05) is 13.3 Å². The Kier molecular flexibility index (Phi) is 1.85. The smallest absolute Gasteiger partial charge is 0.194 e. The fourth-order valence-electron chi connectivity index (χ4n) is 0.635. The summed E-state index contributed by atoms with van der Waals surface area (Å²) in [4.78, 5) is 14.6. The van der Waals surface area contributed by atoms with Crippen molar-refractivity contribution >= 4 is 5.78 Å². The van der Waals surface area contributed by atoms with Crippen molar-refractivity contribution in [1.29, 1.82) is 0 Å². The largest absolute Gasteiger partial charge is 0.448 e. The number of Topliss-reactive ketones (excluding diaryl/α,β-unsaturated/α-hetero) is 1. The van der Waals surface area contributed by atoms with E-state index in [1.165, 1.54) is 13.2 Å². The van der Waals surface area contributed by atoms with E-state index >= 15 is 0 Å². The SMILES string of the molecule is CCc1nc(C(C)=O)co1. The Hall–Kier alpha value is -1.12. The fourth-order valence-corrected chi connectivity index (χ4v) is 0.635. The van der Waals surface area contributed by atoms with Crippen LogP contribution < -0.4 is 0 Å². The number of carbonyl (C=O) groups excluding carboxylic acids is 1. The second-order valence-electron chi connectivity index (χ2n) is 2.04. The zero-order valence-corrected chi connectivity index (χ0v) is 6.05. The van der Waals surface area contributed by atoms with E-state index in [1.807, 2.05) is 6.92 Å². The van der Waals surface area contributed by atoms with Gasteiger partial charge in [-0.1, -0.05) is 6.92 Å². The van der Waals surface area contributed by atoms with Crippen LogP contribution in [0.2, 0.25) is 0 Å². The number of hydrogen-bond donors (Lipinski definition) is 0. The fraction of sp³-hybridized carbons (Fsp3) is 0.429. The molecule has 3 heteroatoms. The molecule has 0 bridgehead atoms. The standard InChI is InChI=1S/C7H9NO2/c1-3-7-8-6(4-10-7)5(2)9/h4H,3H2,1-2H3. The van der Waals surface area contributed by atoms with E-state index in [2.05, 4.69) is 4.98 Å². The maximum absolute atomic E-state index is 10.7. The molecule has 0 aliphatic rings. The highest BCUT2D eigenvalue weighted by molar-refractivity contribution is 5.91. The predicted molar refractivity (Wildman–Crippen MR) is 35.9 cm³/mol. The van der Waals surface area contributed by atoms with E-state index < -0.39 is 0 Å². The van der Waals surface area contributed by atoms with E-state index in [0.29, 0.717) is 11.6 Å². The van der Waals surface area contributed by atoms with E-state index in [9.17, 15) is 4.79 Å². The molecule has 0 N–H and O–H groups in total. The highest BCUT2D eigenvalue weighted by Crippen LogP contribution is 2.02. The maximum Gasteiger partial charge on any atom is 0.194 e. The first-order valence-electron chi connectivity index (χ1n) is 3.19. The first kappa shape index (κ1) is 6.99. The molecule has 0 spiro atoms. The average Bonchev–Trinajstić information content (AvgIpc) is 2.34. The van der Waals surface area contributed by atoms with Crippen molar-refractivity contribution in [2.45, 2.75) is 20.3 Å². The Morgan fingerprint density at radius 2 is 2.50 bits per heavy atom. The van der Waals surface area contributed by atoms with Crippen LogP contribution in [0.15, 0.2) is 10.7 Å². The van der Waals surface area contributed by atoms with Gasteiger partial charge in [-0.05, 0) is 0 Å². The number of nitrogens with zero attached hydrogens (tertiary/aromatic N) is 1. The first-order valence-corrected chi connectivity index (χ1v) is 3.19. The lowest BCUT2D eigenvalue weighted by atomic mass is 10.3. The molecule has 0 saturated carbocycles. The van der Waals surface area contributed by atoms with Crippen molar-refractivity contribution < 1.29 is 9.21 Å². The molecule has 54 valence electrons. The quantitative estimate of drug-likeness (QED) is 0.582. The van der Waals surface area contributed by atoms with Crippen LogP contribution >= 0.6 is 0 Å². The topological polar surface area (TPSA) is 43.1 Å². The van der Waals surface area contributed by atoms with Gasteiger partial charge in [0.2, 0.25) is 0 Å². The molecule has 0 fully saturated rings. The summed E-state index contributed by atoms with van der Waals surface area (Å²) >= 11 is 0. The average molecular weight is 139 g/mol. The second kappa shape index (κ2) is 2.64. The van der Waals surface area contributed by atoms with Gasteiger partial charge < -0.3 is 4.42 Å². The Morgan fingerprint density at radius 1 is 1.80 bits per heavy atom. The molecule has 3 nitrogen and oxygen atoms in total. The normalized spacial score (nSPS) is 9.80. The highest BCUT2D eigenvalue weighted by atomic mass is 16.3. The molecule has 1 aromatic rings. The molecule has 0 unspecified atom stereocenters. The minimum absolute atomic E-state index is 0.0524. The summed E-state index contributed by atoms with van der Waals surface area (Å²) in [5, 5.41) is 0. The minimum Gasteiger partial charge on any atom is -0.448 e. The minimum atomic E-state index is -0.0524. The highest BCUT2D eigenvalue weighted by Gasteiger charge is 2.04. The molecule has 1 heterocycles. The first-order chi connectivity index (χ1) is 4.74. The third-order valence-corrected chi connectivity index (χ3v) is 1.21. The Bertz CT molecular complexity index is 240. The molecular weight excluding hydrogens is 130 g/mol. The molecule has 0 saturated heterocycles. The summed E-state index contributed by atoms with van der Waals surface area (Å²) in [5.74, 6) is 0.564. The molecular formula is C7H9NO2. The molecule has 1 rings (SSSR count). The summed E-state index contributed by atoms with van der Waals surface area (Å²) in [6.45, 7) is 3.40. The Balaban J connectivity index is 2.88. The van der Waals surface area contributed by atoms with Crippen LogP contribution in [-0.2, 0) is 6.42 Å². The van der Waals surface area contributed by atoms with Crippen LogP contribution in [0.4, 0.5) is 0 Å². The van der Waals surface area contributed by atoms with Gasteiger partial charge in [0.1, 0.15) is 12.0 Å². The van der Waals surface area contributed by atoms with Gasteiger partial charge in [-0.25, -0.2) is 4.98 Å². The van der Waals surface area contributed by atoms with Crippen LogP contribution in [0.1, 0.15) is 30.2 Å². The molecule has 10 heavy (non-hydrogen) atoms. The van der Waals surface area contributed by atoms with E-state index in [0.717, 1.165) is 6.42 Å². The number of aryl methyl sites for hydroxylation is 1. The molecule has 0 aromatic carbocycles. The molecule has 0 radical (unpaired) electrons. The molecule has 0 aliphatic carbocycles. The van der Waals surface area contributed by atoms with Gasteiger partial charge in [0.05, 0.1) is 0 Å². The Morgan fingerprint density at radius 3 is 2.80 bits per heavy atom. The number of oxazole rings is 1. The zero-order valence-electron chi connectivity index (χ0n) is 6.05. The lowest BCUT2D eigenvalue weighted by molar-refractivity contribution is 0.101. The third kappa shape index (κ3) is 1.23. The molecule has 0 amide bonds. The van der Waals surface area contributed by atoms with Gasteiger partial charge in [-0.2, -0.15) is 0 Å². The predicted octanol–water partition coefficient (Wildman–Crippen LogP) is 1.44. The van der Waals surface area contributed by atoms with Crippen LogP contribution in [0.5, 0.6) is 0 Å². The number of aromatic nitrogens is 1. The molecule has 1 aromatic heterocycles. The Labute approximate surface area is 59.1 Å². The lowest BCUT2D eigenvalue weighted by Crippen LogP contribution is -1.91. The van der Waals surface area contributed by atoms with Crippen molar-refractivity contribution in [3.8, 4) is 0 Å². The van der Waals surface area contributed by atoms with Crippen LogP contribution in [0.3, 0.4) is 0 Å². The van der Waals surface area contributed by atoms with Gasteiger partial charge in [0.25, 0.3) is 0 Å². The summed E-state index contributed by atoms with van der Waals surface area (Å²) in [7, 11) is 0. The summed E-state index contributed by atoms with van der Waals surface area (Å²) < 4.78 is 4.94. The van der Waals surface area contributed by atoms with Crippen LogP contribution in [0.25, 0.3) is 0 Å². The van der Waals surface area contributed by atoms with E-state index in [4.69, 9.17) is 4.42 Å². The van der Waals surface area contributed by atoms with Crippen molar-refractivity contribution in [2.75, 3.05) is 0 Å². The monoisotopic (exact) mass is 139 g/mol. The van der Waals surface area contributed by atoms with Gasteiger partial charge >= 0.3 is 0 Å². The number of ketones is 1. The van der Waals surface area contributed by atoms with Crippen LogP contribution in [-0.4, -0.2) is 10.8 Å². The van der Waals surface area contributed by atoms with Gasteiger partial charge in [-0.15, -0.1) is 0 Å². The lowest BCUT2D eigenvalue weighted by Gasteiger charge is -1.80. The van der Waals surface area contributed by atoms with Crippen molar-refractivity contribution in [3.05, 3.63) is 17.8 Å². The van der Waals surface area contributed by atoms with Crippen molar-refractivity contribution in [1.82, 2.24) is 4.98 Å². The summed E-state index contributed by atoms with van der Waals surface area (Å²) in [6.07, 6.45) is 2.12. The molecule has 0 aliphatic heterocycles. The summed E-state index contributed by atoms with van der Waals surface area (Å²) in [5.41, 5.74) is 0.414. The van der Waals surface area contributed by atoms with E-state index in [-0.39, 0.29) is 5.78 Å². The van der Waals surface area contributed by atoms with E-state index in [1.54, 1.807) is 0 Å². The van der Waals surface area contributed by atoms with Gasteiger partial charge in [-0.3, -0.25) is 4.79 Å². The molecule has 0 atom stereocenters. The zero-order chi connectivity index (χ0) is 7.56.